The number of carbonyl (C=O) groups is 1. The molecule has 0 aliphatic rings. The van der Waals surface area contributed by atoms with Gasteiger partial charge in [-0.05, 0) is 55.8 Å². The molecule has 0 radical (unpaired) electrons. The first-order valence-corrected chi connectivity index (χ1v) is 11.1. The summed E-state index contributed by atoms with van der Waals surface area (Å²) >= 11 is 6.11. The van der Waals surface area contributed by atoms with E-state index in [2.05, 4.69) is 0 Å². The smallest absolute Gasteiger partial charge is 0.339 e. The Labute approximate surface area is 176 Å². The molecule has 8 heteroatoms. The van der Waals surface area contributed by atoms with Gasteiger partial charge in [-0.3, -0.25) is 4.79 Å². The van der Waals surface area contributed by atoms with Crippen LogP contribution in [0.2, 0.25) is 5.02 Å². The first kappa shape index (κ1) is 23.2. The highest BCUT2D eigenvalue weighted by Crippen LogP contribution is 2.29. The Balaban J connectivity index is 2.40. The van der Waals surface area contributed by atoms with Crippen LogP contribution in [0.15, 0.2) is 47.4 Å². The van der Waals surface area contributed by atoms with Gasteiger partial charge in [0.1, 0.15) is 16.5 Å². The number of amides is 1. The highest BCUT2D eigenvalue weighted by molar-refractivity contribution is 7.87. The molecule has 0 N–H and O–H groups in total. The predicted octanol–water partition coefficient (Wildman–Crippen LogP) is 5.03. The highest BCUT2D eigenvalue weighted by atomic mass is 35.5. The lowest BCUT2D eigenvalue weighted by atomic mass is 10.1. The zero-order chi connectivity index (χ0) is 21.8. The first-order chi connectivity index (χ1) is 13.5. The van der Waals surface area contributed by atoms with Crippen molar-refractivity contribution in [1.82, 2.24) is 4.90 Å². The number of hydrogen-bond donors (Lipinski definition) is 0. The van der Waals surface area contributed by atoms with Crippen LogP contribution in [-0.2, 0) is 21.5 Å². The SMILES string of the molecule is CC[C@@H](C)N(Cc1cc(Cl)ccc1OS(=O)(=O)c1ccc(F)cc1)C(=O)C(C)C. The summed E-state index contributed by atoms with van der Waals surface area (Å²) in [7, 11) is -4.18. The molecule has 0 aliphatic heterocycles. The third-order valence-electron chi connectivity index (χ3n) is 4.56. The number of rotatable bonds is 8. The van der Waals surface area contributed by atoms with Crippen LogP contribution in [0, 0.1) is 11.7 Å². The lowest BCUT2D eigenvalue weighted by Crippen LogP contribution is -2.40. The molecule has 2 aromatic rings. The fourth-order valence-corrected chi connectivity index (χ4v) is 3.87. The molecular formula is C21H25ClFNO4S. The maximum absolute atomic E-state index is 13.1. The molecule has 2 rings (SSSR count). The summed E-state index contributed by atoms with van der Waals surface area (Å²) in [6.07, 6.45) is 0.739. The van der Waals surface area contributed by atoms with Crippen LogP contribution in [0.1, 0.15) is 39.7 Å². The number of hydrogen-bond acceptors (Lipinski definition) is 4. The van der Waals surface area contributed by atoms with E-state index in [0.717, 1.165) is 30.7 Å². The molecule has 0 saturated heterocycles. The first-order valence-electron chi connectivity index (χ1n) is 9.34. The van der Waals surface area contributed by atoms with Crippen LogP contribution < -0.4 is 4.18 Å². The molecule has 0 spiro atoms. The van der Waals surface area contributed by atoms with E-state index in [0.29, 0.717) is 10.6 Å². The Morgan fingerprint density at radius 2 is 1.76 bits per heavy atom. The molecule has 0 saturated carbocycles. The summed E-state index contributed by atoms with van der Waals surface area (Å²) in [6, 6.07) is 8.86. The van der Waals surface area contributed by atoms with E-state index in [1.165, 1.54) is 12.1 Å². The minimum absolute atomic E-state index is 0.0494. The van der Waals surface area contributed by atoms with Gasteiger partial charge in [0.25, 0.3) is 0 Å². The van der Waals surface area contributed by atoms with E-state index in [1.807, 2.05) is 27.7 Å². The van der Waals surface area contributed by atoms with Gasteiger partial charge in [-0.25, -0.2) is 4.39 Å². The van der Waals surface area contributed by atoms with Gasteiger partial charge < -0.3 is 9.08 Å². The summed E-state index contributed by atoms with van der Waals surface area (Å²) in [5.74, 6) is -0.738. The second-order valence-corrected chi connectivity index (χ2v) is 9.10. The zero-order valence-corrected chi connectivity index (χ0v) is 18.4. The van der Waals surface area contributed by atoms with Crippen LogP contribution in [0.3, 0.4) is 0 Å². The molecule has 0 bridgehead atoms. The third kappa shape index (κ3) is 5.93. The van der Waals surface area contributed by atoms with E-state index in [1.54, 1.807) is 11.0 Å². The molecule has 0 fully saturated rings. The number of carbonyl (C=O) groups excluding carboxylic acids is 1. The summed E-state index contributed by atoms with van der Waals surface area (Å²) in [6.45, 7) is 7.68. The lowest BCUT2D eigenvalue weighted by Gasteiger charge is -2.31. The van der Waals surface area contributed by atoms with Crippen LogP contribution in [0.4, 0.5) is 4.39 Å². The largest absolute Gasteiger partial charge is 0.379 e. The van der Waals surface area contributed by atoms with Gasteiger partial charge >= 0.3 is 10.1 Å². The average Bonchev–Trinajstić information content (AvgIpc) is 2.67. The van der Waals surface area contributed by atoms with Crippen LogP contribution in [-0.4, -0.2) is 25.3 Å². The fourth-order valence-electron chi connectivity index (χ4n) is 2.71. The van der Waals surface area contributed by atoms with Crippen LogP contribution in [0.5, 0.6) is 5.75 Å². The minimum Gasteiger partial charge on any atom is -0.379 e. The second-order valence-electron chi connectivity index (χ2n) is 7.12. The van der Waals surface area contributed by atoms with Crippen LogP contribution >= 0.6 is 11.6 Å². The zero-order valence-electron chi connectivity index (χ0n) is 16.9. The topological polar surface area (TPSA) is 63.7 Å². The molecule has 0 unspecified atom stereocenters. The van der Waals surface area contributed by atoms with Gasteiger partial charge in [0.05, 0.1) is 0 Å². The summed E-state index contributed by atoms with van der Waals surface area (Å²) in [5.41, 5.74) is 0.470. The summed E-state index contributed by atoms with van der Waals surface area (Å²) < 4.78 is 43.7. The van der Waals surface area contributed by atoms with Gasteiger partial charge in [0.2, 0.25) is 5.91 Å². The summed E-state index contributed by atoms with van der Waals surface area (Å²) in [5, 5.41) is 0.396. The number of halogens is 2. The molecule has 0 aromatic heterocycles. The van der Waals surface area contributed by atoms with Crippen molar-refractivity contribution in [2.24, 2.45) is 5.92 Å². The Morgan fingerprint density at radius 3 is 2.31 bits per heavy atom. The van der Waals surface area contributed by atoms with Gasteiger partial charge in [-0.15, -0.1) is 0 Å². The van der Waals surface area contributed by atoms with Gasteiger partial charge in [0, 0.05) is 29.1 Å². The number of benzene rings is 2. The van der Waals surface area contributed by atoms with Crippen molar-refractivity contribution in [3.63, 3.8) is 0 Å². The van der Waals surface area contributed by atoms with Crippen molar-refractivity contribution < 1.29 is 21.8 Å². The van der Waals surface area contributed by atoms with Crippen molar-refractivity contribution in [2.45, 2.75) is 51.6 Å². The molecule has 158 valence electrons. The molecule has 0 aliphatic carbocycles. The Bertz CT molecular complexity index is 961. The maximum Gasteiger partial charge on any atom is 0.339 e. The van der Waals surface area contributed by atoms with E-state index in [9.17, 15) is 17.6 Å². The Hall–Kier alpha value is -2.12. The molecule has 2 aromatic carbocycles. The van der Waals surface area contributed by atoms with Gasteiger partial charge in [0.15, 0.2) is 0 Å². The second kappa shape index (κ2) is 9.59. The Morgan fingerprint density at radius 1 is 1.14 bits per heavy atom. The minimum atomic E-state index is -4.18. The van der Waals surface area contributed by atoms with Crippen molar-refractivity contribution >= 4 is 27.6 Å². The maximum atomic E-state index is 13.1. The molecule has 1 amide bonds. The molecule has 29 heavy (non-hydrogen) atoms. The van der Waals surface area contributed by atoms with Gasteiger partial charge in [-0.2, -0.15) is 8.42 Å². The lowest BCUT2D eigenvalue weighted by molar-refractivity contribution is -0.137. The van der Waals surface area contributed by atoms with Crippen LogP contribution in [0.25, 0.3) is 0 Å². The predicted molar refractivity (Wildman–Crippen MR) is 111 cm³/mol. The van der Waals surface area contributed by atoms with Crippen molar-refractivity contribution in [1.29, 1.82) is 0 Å². The molecule has 5 nitrogen and oxygen atoms in total. The van der Waals surface area contributed by atoms with E-state index < -0.39 is 15.9 Å². The van der Waals surface area contributed by atoms with E-state index in [-0.39, 0.29) is 35.1 Å². The molecule has 0 heterocycles. The van der Waals surface area contributed by atoms with Crippen molar-refractivity contribution in [3.8, 4) is 5.75 Å². The van der Waals surface area contributed by atoms with E-state index in [4.69, 9.17) is 15.8 Å². The van der Waals surface area contributed by atoms with Crippen molar-refractivity contribution in [2.75, 3.05) is 0 Å². The van der Waals surface area contributed by atoms with Crippen molar-refractivity contribution in [3.05, 3.63) is 58.9 Å². The monoisotopic (exact) mass is 441 g/mol. The molecule has 1 atom stereocenters. The number of nitrogens with zero attached hydrogens (tertiary/aromatic N) is 1. The normalized spacial score (nSPS) is 12.7. The standard InChI is InChI=1S/C21H25ClFNO4S/c1-5-15(4)24(21(25)14(2)3)13-16-12-17(22)6-11-20(16)28-29(26,27)19-9-7-18(23)8-10-19/h6-12,14-15H,5,13H2,1-4H3/t15-/m1/s1. The average molecular weight is 442 g/mol. The van der Waals surface area contributed by atoms with Gasteiger partial charge in [-0.1, -0.05) is 32.4 Å². The summed E-state index contributed by atoms with van der Waals surface area (Å²) in [4.78, 5) is 14.2. The Kier molecular flexibility index (Phi) is 7.66. The molecular weight excluding hydrogens is 417 g/mol. The quantitative estimate of drug-likeness (QED) is 0.539. The fraction of sp³-hybridized carbons (Fsp3) is 0.381. The third-order valence-corrected chi connectivity index (χ3v) is 6.05. The van der Waals surface area contributed by atoms with E-state index >= 15 is 0 Å². The highest BCUT2D eigenvalue weighted by Gasteiger charge is 2.25.